The zero-order valence-electron chi connectivity index (χ0n) is 18.0. The minimum atomic E-state index is -1.96. The molecule has 3 atom stereocenters. The Balaban J connectivity index is 1.70. The summed E-state index contributed by atoms with van der Waals surface area (Å²) in [5.41, 5.74) is -0.687. The van der Waals surface area contributed by atoms with Crippen LogP contribution in [-0.4, -0.2) is 62.9 Å². The molecule has 1 aromatic carbocycles. The average Bonchev–Trinajstić information content (AvgIpc) is 3.38. The number of β-amino-alcohol motifs (C(OH)–C–C–N with tert-alkyl or cyclic N) is 1. The first-order valence-electron chi connectivity index (χ1n) is 10.4. The van der Waals surface area contributed by atoms with Crippen LogP contribution >= 0.6 is 12.6 Å². The van der Waals surface area contributed by atoms with Gasteiger partial charge < -0.3 is 20.6 Å². The molecular formula is C22H27FN4O4S. The van der Waals surface area contributed by atoms with Gasteiger partial charge in [-0.15, -0.1) is 0 Å². The molecule has 32 heavy (non-hydrogen) atoms. The van der Waals surface area contributed by atoms with Crippen LogP contribution in [0.1, 0.15) is 44.2 Å². The van der Waals surface area contributed by atoms with Gasteiger partial charge in [-0.3, -0.25) is 14.4 Å². The van der Waals surface area contributed by atoms with Crippen LogP contribution in [0.5, 0.6) is 0 Å². The predicted molar refractivity (Wildman–Crippen MR) is 117 cm³/mol. The second-order valence-electron chi connectivity index (χ2n) is 8.95. The van der Waals surface area contributed by atoms with Crippen LogP contribution in [0.25, 0.3) is 0 Å². The molecule has 1 aliphatic carbocycles. The summed E-state index contributed by atoms with van der Waals surface area (Å²) in [6.07, 6.45) is -0.642. The van der Waals surface area contributed by atoms with E-state index in [1.165, 1.54) is 4.90 Å². The van der Waals surface area contributed by atoms with Crippen molar-refractivity contribution in [2.24, 2.45) is 0 Å². The van der Waals surface area contributed by atoms with Crippen molar-refractivity contribution in [2.75, 3.05) is 6.54 Å². The predicted octanol–water partition coefficient (Wildman–Crippen LogP) is 0.832. The summed E-state index contributed by atoms with van der Waals surface area (Å²) < 4.78 is 13.1. The van der Waals surface area contributed by atoms with Gasteiger partial charge in [0.05, 0.1) is 17.7 Å². The fourth-order valence-corrected chi connectivity index (χ4v) is 3.79. The molecule has 0 bridgehead atoms. The van der Waals surface area contributed by atoms with E-state index in [2.05, 4.69) is 23.3 Å². The van der Waals surface area contributed by atoms with Crippen LogP contribution in [0, 0.1) is 11.3 Å². The number of aliphatic hydroxyl groups excluding tert-OH is 1. The summed E-state index contributed by atoms with van der Waals surface area (Å²) in [6.45, 7) is 3.33. The Morgan fingerprint density at radius 3 is 2.50 bits per heavy atom. The molecular weight excluding hydrogens is 435 g/mol. The van der Waals surface area contributed by atoms with E-state index in [9.17, 15) is 23.9 Å². The number of amides is 3. The molecule has 8 nitrogen and oxygen atoms in total. The molecule has 1 aliphatic heterocycles. The number of rotatable bonds is 7. The van der Waals surface area contributed by atoms with Gasteiger partial charge in [0.2, 0.25) is 11.8 Å². The Labute approximate surface area is 191 Å². The van der Waals surface area contributed by atoms with E-state index >= 15 is 0 Å². The minimum absolute atomic E-state index is 0.0473. The van der Waals surface area contributed by atoms with Crippen molar-refractivity contribution >= 4 is 30.4 Å². The van der Waals surface area contributed by atoms with E-state index in [4.69, 9.17) is 5.26 Å². The van der Waals surface area contributed by atoms with Crippen molar-refractivity contribution in [3.63, 3.8) is 0 Å². The second kappa shape index (κ2) is 9.08. The normalized spacial score (nSPS) is 22.6. The van der Waals surface area contributed by atoms with Crippen molar-refractivity contribution in [3.05, 3.63) is 35.4 Å². The molecule has 10 heteroatoms. The summed E-state index contributed by atoms with van der Waals surface area (Å²) >= 11 is 4.41. The Kier molecular flexibility index (Phi) is 6.81. The monoisotopic (exact) mass is 462 g/mol. The van der Waals surface area contributed by atoms with Crippen LogP contribution in [0.2, 0.25) is 0 Å². The third-order valence-electron chi connectivity index (χ3n) is 5.74. The number of hydrogen-bond donors (Lipinski definition) is 4. The van der Waals surface area contributed by atoms with E-state index in [1.54, 1.807) is 38.1 Å². The Morgan fingerprint density at radius 2 is 1.97 bits per heavy atom. The van der Waals surface area contributed by atoms with Gasteiger partial charge in [-0.05, 0) is 44.4 Å². The number of nitrogens with one attached hydrogen (secondary N) is 2. The molecule has 2 fully saturated rings. The molecule has 1 aromatic rings. The smallest absolute Gasteiger partial charge is 0.258 e. The highest BCUT2D eigenvalue weighted by Crippen LogP contribution is 2.40. The molecule has 3 N–H and O–H groups in total. The molecule has 0 aromatic heterocycles. The van der Waals surface area contributed by atoms with Crippen molar-refractivity contribution in [2.45, 2.75) is 68.3 Å². The molecule has 3 amide bonds. The van der Waals surface area contributed by atoms with Gasteiger partial charge >= 0.3 is 0 Å². The highest BCUT2D eigenvalue weighted by molar-refractivity contribution is 7.81. The summed E-state index contributed by atoms with van der Waals surface area (Å²) in [5.74, 6) is -1.91. The first kappa shape index (κ1) is 24.0. The van der Waals surface area contributed by atoms with Crippen LogP contribution in [0.3, 0.4) is 0 Å². The topological polar surface area (TPSA) is 123 Å². The molecule has 2 unspecified atom stereocenters. The van der Waals surface area contributed by atoms with Crippen LogP contribution in [0.4, 0.5) is 4.39 Å². The molecule has 1 heterocycles. The molecule has 2 aliphatic rings. The largest absolute Gasteiger partial charge is 0.391 e. The van der Waals surface area contributed by atoms with Gasteiger partial charge in [0.15, 0.2) is 5.67 Å². The number of aliphatic hydroxyl groups is 1. The SMILES string of the molecule is CC(C)(S)[C@H](NC(=O)C1(F)CC1)C(=O)N1CC(O)CC1C(=O)NCc1ccc(C#N)cc1. The van der Waals surface area contributed by atoms with E-state index in [-0.39, 0.29) is 32.4 Å². The zero-order chi connectivity index (χ0) is 23.7. The third-order valence-corrected chi connectivity index (χ3v) is 6.00. The van der Waals surface area contributed by atoms with Crippen molar-refractivity contribution in [1.82, 2.24) is 15.5 Å². The zero-order valence-corrected chi connectivity index (χ0v) is 18.9. The number of nitriles is 1. The van der Waals surface area contributed by atoms with Crippen molar-refractivity contribution in [3.8, 4) is 6.07 Å². The van der Waals surface area contributed by atoms with E-state index in [0.717, 1.165) is 5.56 Å². The van der Waals surface area contributed by atoms with Crippen molar-refractivity contribution in [1.29, 1.82) is 5.26 Å². The van der Waals surface area contributed by atoms with Gasteiger partial charge in [0.1, 0.15) is 12.1 Å². The first-order chi connectivity index (χ1) is 14.9. The van der Waals surface area contributed by atoms with Gasteiger partial charge in [0, 0.05) is 24.3 Å². The quantitative estimate of drug-likeness (QED) is 0.447. The number of hydrogen-bond acceptors (Lipinski definition) is 6. The van der Waals surface area contributed by atoms with E-state index in [1.807, 2.05) is 6.07 Å². The molecule has 172 valence electrons. The number of carbonyl (C=O) groups is 3. The fourth-order valence-electron chi connectivity index (χ4n) is 3.61. The maximum atomic E-state index is 14.2. The number of halogens is 1. The van der Waals surface area contributed by atoms with E-state index in [0.29, 0.717) is 5.56 Å². The molecule has 1 saturated heterocycles. The highest BCUT2D eigenvalue weighted by Gasteiger charge is 2.53. The summed E-state index contributed by atoms with van der Waals surface area (Å²) in [5, 5.41) is 24.2. The van der Waals surface area contributed by atoms with Crippen LogP contribution < -0.4 is 10.6 Å². The number of nitrogens with zero attached hydrogens (tertiary/aromatic N) is 2. The maximum Gasteiger partial charge on any atom is 0.258 e. The maximum absolute atomic E-state index is 14.2. The number of thiol groups is 1. The average molecular weight is 463 g/mol. The van der Waals surface area contributed by atoms with Gasteiger partial charge in [-0.2, -0.15) is 17.9 Å². The minimum Gasteiger partial charge on any atom is -0.391 e. The van der Waals surface area contributed by atoms with Crippen LogP contribution in [0.15, 0.2) is 24.3 Å². The van der Waals surface area contributed by atoms with E-state index < -0.39 is 46.3 Å². The summed E-state index contributed by atoms with van der Waals surface area (Å²) in [7, 11) is 0. The third kappa shape index (κ3) is 5.40. The molecule has 3 rings (SSSR count). The van der Waals surface area contributed by atoms with Crippen LogP contribution in [-0.2, 0) is 20.9 Å². The number of likely N-dealkylation sites (tertiary alicyclic amines) is 1. The Morgan fingerprint density at radius 1 is 1.34 bits per heavy atom. The summed E-state index contributed by atoms with van der Waals surface area (Å²) in [6, 6.07) is 6.60. The number of carbonyl (C=O) groups excluding carboxylic acids is 3. The molecule has 0 radical (unpaired) electrons. The first-order valence-corrected chi connectivity index (χ1v) is 10.9. The lowest BCUT2D eigenvalue weighted by atomic mass is 10.0. The lowest BCUT2D eigenvalue weighted by Gasteiger charge is -2.35. The Hall–Kier alpha value is -2.64. The molecule has 1 saturated carbocycles. The Bertz CT molecular complexity index is 937. The lowest BCUT2D eigenvalue weighted by Crippen LogP contribution is -2.60. The second-order valence-corrected chi connectivity index (χ2v) is 10.1. The number of benzene rings is 1. The fraction of sp³-hybridized carbons (Fsp3) is 0.545. The number of alkyl halides is 1. The lowest BCUT2D eigenvalue weighted by molar-refractivity contribution is -0.143. The van der Waals surface area contributed by atoms with Crippen molar-refractivity contribution < 1.29 is 23.9 Å². The molecule has 0 spiro atoms. The standard InChI is InChI=1S/C22H27FN4O4S/c1-21(2,32)17(26-20(31)22(23)7-8-22)19(30)27-12-15(28)9-16(27)18(29)25-11-14-5-3-13(10-24)4-6-14/h3-6,15-17,28,32H,7-9,11-12H2,1-2H3,(H,25,29)(H,26,31)/t15?,16?,17-/m1/s1. The van der Waals surface area contributed by atoms with Gasteiger partial charge in [0.25, 0.3) is 5.91 Å². The van der Waals surface area contributed by atoms with Gasteiger partial charge in [-0.1, -0.05) is 12.1 Å². The highest BCUT2D eigenvalue weighted by atomic mass is 32.1. The van der Waals surface area contributed by atoms with Gasteiger partial charge in [-0.25, -0.2) is 4.39 Å². The summed E-state index contributed by atoms with van der Waals surface area (Å²) in [4.78, 5) is 39.6.